The Balaban J connectivity index is 1.89. The average molecular weight is 496 g/mol. The lowest BCUT2D eigenvalue weighted by Gasteiger charge is -2.12. The zero-order valence-electron chi connectivity index (χ0n) is 22.1. The van der Waals surface area contributed by atoms with Gasteiger partial charge in [0, 0.05) is 23.9 Å². The summed E-state index contributed by atoms with van der Waals surface area (Å²) in [5.41, 5.74) is 2.43. The molecule has 37 heavy (non-hydrogen) atoms. The van der Waals surface area contributed by atoms with Crippen molar-refractivity contribution in [1.82, 2.24) is 0 Å². The third-order valence-corrected chi connectivity index (χ3v) is 6.11. The summed E-state index contributed by atoms with van der Waals surface area (Å²) in [7, 11) is 1.83. The number of hydrogen-bond acceptors (Lipinski definition) is 4. The Labute approximate surface area is 222 Å². The molecule has 0 fully saturated rings. The first-order valence-corrected chi connectivity index (χ1v) is 13.1. The van der Waals surface area contributed by atoms with Gasteiger partial charge in [-0.2, -0.15) is 0 Å². The Bertz CT molecular complexity index is 1150. The molecule has 0 bridgehead atoms. The van der Waals surface area contributed by atoms with Gasteiger partial charge in [0.1, 0.15) is 6.61 Å². The molecule has 0 saturated heterocycles. The van der Waals surface area contributed by atoms with Gasteiger partial charge in [-0.3, -0.25) is 4.79 Å². The molecule has 4 heteroatoms. The minimum Gasteiger partial charge on any atom is -0.461 e. The standard InChI is InChI=1S/C33H37NO3/c1-4-6-8-10-11-12-13-15-17-27(16-14-9-7-5-2)26-37-33(36)30-20-18-28(19-21-30)32(35)29-22-24-31(34-3)25-23-29/h2,18-25,27,34H,4,6,8,10-13,15,17,26H2,1,3H3. The van der Waals surface area contributed by atoms with Crippen molar-refractivity contribution in [3.8, 4) is 36.0 Å². The van der Waals surface area contributed by atoms with Crippen molar-refractivity contribution in [2.45, 2.75) is 64.7 Å². The molecular formula is C33H37NO3. The van der Waals surface area contributed by atoms with Gasteiger partial charge in [-0.25, -0.2) is 4.79 Å². The van der Waals surface area contributed by atoms with Crippen molar-refractivity contribution in [3.63, 3.8) is 0 Å². The molecule has 0 aliphatic rings. The predicted molar refractivity (Wildman–Crippen MR) is 151 cm³/mol. The van der Waals surface area contributed by atoms with Gasteiger partial charge in [0.25, 0.3) is 0 Å². The van der Waals surface area contributed by atoms with E-state index in [1.807, 2.05) is 19.2 Å². The van der Waals surface area contributed by atoms with Gasteiger partial charge in [-0.15, -0.1) is 6.42 Å². The van der Waals surface area contributed by atoms with Crippen molar-refractivity contribution >= 4 is 17.4 Å². The number of rotatable bonds is 15. The highest BCUT2D eigenvalue weighted by Crippen LogP contribution is 2.16. The van der Waals surface area contributed by atoms with E-state index in [1.165, 1.54) is 38.5 Å². The molecule has 1 atom stereocenters. The molecule has 0 aliphatic heterocycles. The number of benzene rings is 2. The Morgan fingerprint density at radius 1 is 0.811 bits per heavy atom. The number of unbranched alkanes of at least 4 members (excludes halogenated alkanes) is 7. The molecule has 192 valence electrons. The van der Waals surface area contributed by atoms with Gasteiger partial charge in [0.15, 0.2) is 5.78 Å². The van der Waals surface area contributed by atoms with Crippen molar-refractivity contribution < 1.29 is 14.3 Å². The number of carbonyl (C=O) groups is 2. The summed E-state index contributed by atoms with van der Waals surface area (Å²) in [5.74, 6) is 12.6. The quantitative estimate of drug-likeness (QED) is 0.126. The van der Waals surface area contributed by atoms with E-state index in [0.29, 0.717) is 16.7 Å². The lowest BCUT2D eigenvalue weighted by Crippen LogP contribution is -2.14. The number of anilines is 1. The summed E-state index contributed by atoms with van der Waals surface area (Å²) in [4.78, 5) is 25.4. The number of ketones is 1. The lowest BCUT2D eigenvalue weighted by molar-refractivity contribution is 0.0463. The molecule has 0 amide bonds. The fourth-order valence-electron chi connectivity index (χ4n) is 3.90. The van der Waals surface area contributed by atoms with Gasteiger partial charge in [-0.1, -0.05) is 76.3 Å². The topological polar surface area (TPSA) is 55.4 Å². The van der Waals surface area contributed by atoms with Crippen LogP contribution in [-0.2, 0) is 4.74 Å². The molecular weight excluding hydrogens is 458 g/mol. The molecule has 0 saturated carbocycles. The Hall–Kier alpha value is -3.94. The van der Waals surface area contributed by atoms with E-state index in [-0.39, 0.29) is 18.3 Å². The second kappa shape index (κ2) is 17.5. The number of terminal acetylenes is 1. The van der Waals surface area contributed by atoms with Crippen LogP contribution in [0.2, 0.25) is 0 Å². The number of hydrogen-bond donors (Lipinski definition) is 1. The molecule has 0 radical (unpaired) electrons. The summed E-state index contributed by atoms with van der Waals surface area (Å²) in [6.07, 6.45) is 15.8. The number of nitrogens with one attached hydrogen (secondary N) is 1. The van der Waals surface area contributed by atoms with E-state index in [4.69, 9.17) is 11.2 Å². The van der Waals surface area contributed by atoms with Crippen molar-refractivity contribution in [2.24, 2.45) is 5.92 Å². The van der Waals surface area contributed by atoms with Gasteiger partial charge < -0.3 is 10.1 Å². The van der Waals surface area contributed by atoms with Crippen molar-refractivity contribution in [3.05, 3.63) is 65.2 Å². The predicted octanol–water partition coefficient (Wildman–Crippen LogP) is 6.90. The van der Waals surface area contributed by atoms with Gasteiger partial charge >= 0.3 is 5.97 Å². The lowest BCUT2D eigenvalue weighted by atomic mass is 10.0. The second-order valence-electron chi connectivity index (χ2n) is 8.96. The number of carbonyl (C=O) groups excluding carboxylic acids is 2. The molecule has 2 rings (SSSR count). The maximum Gasteiger partial charge on any atom is 0.338 e. The van der Waals surface area contributed by atoms with E-state index in [9.17, 15) is 9.59 Å². The molecule has 0 heterocycles. The van der Waals surface area contributed by atoms with E-state index < -0.39 is 5.97 Å². The van der Waals surface area contributed by atoms with Gasteiger partial charge in [-0.05, 0) is 66.5 Å². The van der Waals surface area contributed by atoms with Crippen LogP contribution in [0.4, 0.5) is 5.69 Å². The van der Waals surface area contributed by atoms with Crippen LogP contribution in [0.3, 0.4) is 0 Å². The van der Waals surface area contributed by atoms with Crippen molar-refractivity contribution in [2.75, 3.05) is 19.0 Å². The van der Waals surface area contributed by atoms with Crippen molar-refractivity contribution in [1.29, 1.82) is 0 Å². The second-order valence-corrected chi connectivity index (χ2v) is 8.96. The Morgan fingerprint density at radius 3 is 1.97 bits per heavy atom. The monoisotopic (exact) mass is 495 g/mol. The Morgan fingerprint density at radius 2 is 1.38 bits per heavy atom. The normalized spacial score (nSPS) is 10.6. The first-order valence-electron chi connectivity index (χ1n) is 13.1. The highest BCUT2D eigenvalue weighted by atomic mass is 16.5. The van der Waals surface area contributed by atoms with Crippen LogP contribution in [0.25, 0.3) is 0 Å². The summed E-state index contributed by atoms with van der Waals surface area (Å²) in [6.45, 7) is 2.42. The first-order chi connectivity index (χ1) is 18.1. The van der Waals surface area contributed by atoms with Crippen LogP contribution in [0.15, 0.2) is 48.5 Å². The molecule has 0 aliphatic carbocycles. The molecule has 4 nitrogen and oxygen atoms in total. The minimum absolute atomic E-state index is 0.0995. The molecule has 0 spiro atoms. The van der Waals surface area contributed by atoms with Crippen LogP contribution in [-0.4, -0.2) is 25.4 Å². The van der Waals surface area contributed by atoms with Gasteiger partial charge in [0.05, 0.1) is 11.5 Å². The average Bonchev–Trinajstić information content (AvgIpc) is 2.94. The van der Waals surface area contributed by atoms with E-state index in [2.05, 4.69) is 41.8 Å². The smallest absolute Gasteiger partial charge is 0.338 e. The summed E-state index contributed by atoms with van der Waals surface area (Å²) < 4.78 is 5.56. The largest absolute Gasteiger partial charge is 0.461 e. The summed E-state index contributed by atoms with van der Waals surface area (Å²) >= 11 is 0. The maximum absolute atomic E-state index is 12.7. The number of ether oxygens (including phenoxy) is 1. The van der Waals surface area contributed by atoms with Crippen LogP contribution < -0.4 is 5.32 Å². The molecule has 0 aromatic heterocycles. The molecule has 1 N–H and O–H groups in total. The summed E-state index contributed by atoms with van der Waals surface area (Å²) in [6, 6.07) is 13.8. The van der Waals surface area contributed by atoms with E-state index in [0.717, 1.165) is 24.9 Å². The van der Waals surface area contributed by atoms with E-state index >= 15 is 0 Å². The van der Waals surface area contributed by atoms with E-state index in [1.54, 1.807) is 36.4 Å². The minimum atomic E-state index is -0.435. The Kier molecular flexibility index (Phi) is 13.8. The number of esters is 1. The van der Waals surface area contributed by atoms with Crippen LogP contribution >= 0.6 is 0 Å². The zero-order chi connectivity index (χ0) is 26.7. The fourth-order valence-corrected chi connectivity index (χ4v) is 3.90. The third kappa shape index (κ3) is 11.1. The zero-order valence-corrected chi connectivity index (χ0v) is 22.1. The van der Waals surface area contributed by atoms with Gasteiger partial charge in [0.2, 0.25) is 0 Å². The van der Waals surface area contributed by atoms with Crippen LogP contribution in [0.5, 0.6) is 0 Å². The fraction of sp³-hybridized carbons (Fsp3) is 0.394. The highest BCUT2D eigenvalue weighted by molar-refractivity contribution is 6.09. The molecule has 1 unspecified atom stereocenters. The SMILES string of the molecule is C#CC#CC#CC(CCCCCCCCCC)COC(=O)c1ccc(C(=O)c2ccc(NC)cc2)cc1. The molecule has 2 aromatic carbocycles. The summed E-state index contributed by atoms with van der Waals surface area (Å²) in [5, 5.41) is 3.03. The van der Waals surface area contributed by atoms with Crippen LogP contribution in [0.1, 0.15) is 91.0 Å². The first kappa shape index (κ1) is 29.3. The van der Waals surface area contributed by atoms with Crippen LogP contribution in [0, 0.1) is 41.9 Å². The molecule has 2 aromatic rings. The third-order valence-electron chi connectivity index (χ3n) is 6.11. The maximum atomic E-state index is 12.7. The highest BCUT2D eigenvalue weighted by Gasteiger charge is 2.14.